The van der Waals surface area contributed by atoms with Gasteiger partial charge in [-0.2, -0.15) is 0 Å². The molecular weight excluding hydrogens is 300 g/mol. The molecule has 3 atom stereocenters. The number of aliphatic hydroxyl groups is 1. The molecule has 3 rings (SSSR count). The smallest absolute Gasteiger partial charge is 0.225 e. The Balaban J connectivity index is 1.68. The molecule has 2 fully saturated rings. The van der Waals surface area contributed by atoms with Crippen LogP contribution in [-0.2, 0) is 10.4 Å². The quantitative estimate of drug-likeness (QED) is 0.923. The van der Waals surface area contributed by atoms with Crippen LogP contribution in [0.5, 0.6) is 0 Å². The van der Waals surface area contributed by atoms with Crippen molar-refractivity contribution in [3.63, 3.8) is 0 Å². The third kappa shape index (κ3) is 3.50. The van der Waals surface area contributed by atoms with Crippen LogP contribution in [0, 0.1) is 0 Å². The van der Waals surface area contributed by atoms with Crippen LogP contribution >= 0.6 is 0 Å². The Labute approximate surface area is 145 Å². The molecule has 0 aromatic heterocycles. The standard InChI is InChI=1S/C20H30N2O2/c1-15(2)22-17-9-10-18(22)14-21(12-11-17)19(23)13-20(3,24)16-7-5-4-6-8-16/h4-8,15,17-18,24H,9-14H2,1-3H3. The normalized spacial score (nSPS) is 27.1. The van der Waals surface area contributed by atoms with Gasteiger partial charge in [0.15, 0.2) is 0 Å². The Hall–Kier alpha value is -1.39. The number of fused-ring (bicyclic) bond motifs is 2. The molecule has 1 aromatic carbocycles. The van der Waals surface area contributed by atoms with Gasteiger partial charge in [0.05, 0.1) is 12.0 Å². The average Bonchev–Trinajstić information content (AvgIpc) is 2.82. The fraction of sp³-hybridized carbons (Fsp3) is 0.650. The summed E-state index contributed by atoms with van der Waals surface area (Å²) in [5.41, 5.74) is -0.306. The lowest BCUT2D eigenvalue weighted by atomic mass is 9.92. The number of likely N-dealkylation sites (tertiary alicyclic amines) is 1. The summed E-state index contributed by atoms with van der Waals surface area (Å²) in [6.45, 7) is 7.86. The molecule has 24 heavy (non-hydrogen) atoms. The van der Waals surface area contributed by atoms with Crippen molar-refractivity contribution in [2.45, 2.75) is 70.2 Å². The summed E-state index contributed by atoms with van der Waals surface area (Å²) in [4.78, 5) is 17.4. The number of amides is 1. The Kier molecular flexibility index (Phi) is 4.97. The van der Waals surface area contributed by atoms with Gasteiger partial charge in [-0.05, 0) is 45.6 Å². The minimum atomic E-state index is -1.11. The Morgan fingerprint density at radius 1 is 1.21 bits per heavy atom. The van der Waals surface area contributed by atoms with Gasteiger partial charge in [-0.3, -0.25) is 9.69 Å². The summed E-state index contributed by atoms with van der Waals surface area (Å²) in [5.74, 6) is 0.0695. The second kappa shape index (κ2) is 6.85. The Bertz CT molecular complexity index is 570. The van der Waals surface area contributed by atoms with Gasteiger partial charge < -0.3 is 10.0 Å². The van der Waals surface area contributed by atoms with Crippen LogP contribution in [-0.4, -0.2) is 52.0 Å². The number of hydrogen-bond donors (Lipinski definition) is 1. The SMILES string of the molecule is CC(C)N1C2CCC1CN(C(=O)CC(C)(O)c1ccccc1)CC2. The van der Waals surface area contributed by atoms with E-state index < -0.39 is 5.60 Å². The van der Waals surface area contributed by atoms with Crippen LogP contribution in [0.25, 0.3) is 0 Å². The fourth-order valence-electron chi connectivity index (χ4n) is 4.49. The molecule has 0 spiro atoms. The molecule has 0 saturated carbocycles. The van der Waals surface area contributed by atoms with E-state index in [2.05, 4.69) is 18.7 Å². The number of nitrogens with zero attached hydrogens (tertiary/aromatic N) is 2. The number of carbonyl (C=O) groups excluding carboxylic acids is 1. The number of benzene rings is 1. The van der Waals surface area contributed by atoms with Gasteiger partial charge in [0.1, 0.15) is 0 Å². The molecule has 132 valence electrons. The van der Waals surface area contributed by atoms with Crippen LogP contribution in [0.2, 0.25) is 0 Å². The van der Waals surface area contributed by atoms with Crippen molar-refractivity contribution >= 4 is 5.91 Å². The first-order chi connectivity index (χ1) is 11.4. The van der Waals surface area contributed by atoms with Crippen LogP contribution in [0.4, 0.5) is 0 Å². The van der Waals surface area contributed by atoms with E-state index >= 15 is 0 Å². The first-order valence-electron chi connectivity index (χ1n) is 9.21. The molecule has 4 heteroatoms. The van der Waals surface area contributed by atoms with Gasteiger partial charge in [-0.15, -0.1) is 0 Å². The second-order valence-electron chi connectivity index (χ2n) is 7.87. The maximum atomic E-state index is 12.8. The molecule has 0 aliphatic carbocycles. The topological polar surface area (TPSA) is 43.8 Å². The van der Waals surface area contributed by atoms with E-state index in [0.29, 0.717) is 18.1 Å². The lowest BCUT2D eigenvalue weighted by Crippen LogP contribution is -2.45. The molecule has 1 amide bonds. The van der Waals surface area contributed by atoms with E-state index in [1.165, 1.54) is 12.8 Å². The third-order valence-corrected chi connectivity index (χ3v) is 5.68. The van der Waals surface area contributed by atoms with Crippen LogP contribution in [0.1, 0.15) is 52.0 Å². The first-order valence-corrected chi connectivity index (χ1v) is 9.21. The average molecular weight is 330 g/mol. The summed E-state index contributed by atoms with van der Waals surface area (Å²) in [5, 5.41) is 10.8. The minimum Gasteiger partial charge on any atom is -0.385 e. The van der Waals surface area contributed by atoms with Crippen LogP contribution in [0.3, 0.4) is 0 Å². The maximum absolute atomic E-state index is 12.8. The van der Waals surface area contributed by atoms with Gasteiger partial charge in [-0.1, -0.05) is 30.3 Å². The van der Waals surface area contributed by atoms with E-state index in [-0.39, 0.29) is 12.3 Å². The first kappa shape index (κ1) is 17.4. The molecule has 1 aromatic rings. The highest BCUT2D eigenvalue weighted by atomic mass is 16.3. The lowest BCUT2D eigenvalue weighted by molar-refractivity contribution is -0.136. The summed E-state index contributed by atoms with van der Waals surface area (Å²) >= 11 is 0. The zero-order valence-corrected chi connectivity index (χ0v) is 15.1. The monoisotopic (exact) mass is 330 g/mol. The molecule has 2 saturated heterocycles. The van der Waals surface area contributed by atoms with Crippen molar-refractivity contribution in [3.05, 3.63) is 35.9 Å². The van der Waals surface area contributed by atoms with E-state index in [1.807, 2.05) is 35.2 Å². The molecular formula is C20H30N2O2. The molecule has 0 radical (unpaired) electrons. The van der Waals surface area contributed by atoms with E-state index in [9.17, 15) is 9.90 Å². The van der Waals surface area contributed by atoms with E-state index in [4.69, 9.17) is 0 Å². The highest BCUT2D eigenvalue weighted by Gasteiger charge is 2.40. The largest absolute Gasteiger partial charge is 0.385 e. The fourth-order valence-corrected chi connectivity index (χ4v) is 4.49. The second-order valence-corrected chi connectivity index (χ2v) is 7.87. The van der Waals surface area contributed by atoms with E-state index in [1.54, 1.807) is 6.92 Å². The third-order valence-electron chi connectivity index (χ3n) is 5.68. The molecule has 2 aliphatic heterocycles. The Morgan fingerprint density at radius 3 is 2.54 bits per heavy atom. The van der Waals surface area contributed by atoms with Crippen LogP contribution < -0.4 is 0 Å². The van der Waals surface area contributed by atoms with Gasteiger partial charge in [0.2, 0.25) is 5.91 Å². The summed E-state index contributed by atoms with van der Waals surface area (Å²) in [7, 11) is 0. The van der Waals surface area contributed by atoms with Crippen molar-refractivity contribution in [3.8, 4) is 0 Å². The summed E-state index contributed by atoms with van der Waals surface area (Å²) < 4.78 is 0. The molecule has 4 nitrogen and oxygen atoms in total. The van der Waals surface area contributed by atoms with Gasteiger partial charge in [0.25, 0.3) is 0 Å². The molecule has 1 N–H and O–H groups in total. The number of rotatable bonds is 4. The predicted octanol–water partition coefficient (Wildman–Crippen LogP) is 2.76. The highest BCUT2D eigenvalue weighted by Crippen LogP contribution is 2.33. The molecule has 2 heterocycles. The number of hydrogen-bond acceptors (Lipinski definition) is 3. The van der Waals surface area contributed by atoms with Crippen molar-refractivity contribution in [2.24, 2.45) is 0 Å². The van der Waals surface area contributed by atoms with Gasteiger partial charge in [0, 0.05) is 31.2 Å². The molecule has 2 aliphatic rings. The van der Waals surface area contributed by atoms with Crippen molar-refractivity contribution in [1.29, 1.82) is 0 Å². The van der Waals surface area contributed by atoms with Gasteiger partial charge in [-0.25, -0.2) is 0 Å². The predicted molar refractivity (Wildman–Crippen MR) is 95.6 cm³/mol. The summed E-state index contributed by atoms with van der Waals surface area (Å²) in [6.07, 6.45) is 3.64. The maximum Gasteiger partial charge on any atom is 0.225 e. The highest BCUT2D eigenvalue weighted by molar-refractivity contribution is 5.77. The zero-order chi connectivity index (χ0) is 17.3. The molecule has 2 bridgehead atoms. The minimum absolute atomic E-state index is 0.0695. The van der Waals surface area contributed by atoms with Crippen molar-refractivity contribution in [2.75, 3.05) is 13.1 Å². The van der Waals surface area contributed by atoms with Gasteiger partial charge >= 0.3 is 0 Å². The van der Waals surface area contributed by atoms with E-state index in [0.717, 1.165) is 25.1 Å². The summed E-state index contributed by atoms with van der Waals surface area (Å²) in [6, 6.07) is 11.1. The van der Waals surface area contributed by atoms with Crippen molar-refractivity contribution < 1.29 is 9.90 Å². The zero-order valence-electron chi connectivity index (χ0n) is 15.1. The number of carbonyl (C=O) groups is 1. The Morgan fingerprint density at radius 2 is 1.88 bits per heavy atom. The lowest BCUT2D eigenvalue weighted by Gasteiger charge is -2.33. The molecule has 3 unspecified atom stereocenters. The van der Waals surface area contributed by atoms with Crippen LogP contribution in [0.15, 0.2) is 30.3 Å². The van der Waals surface area contributed by atoms with Crippen molar-refractivity contribution in [1.82, 2.24) is 9.80 Å².